The molecular formula is C27H28N4O3S. The van der Waals surface area contributed by atoms with Gasteiger partial charge >= 0.3 is 0 Å². The number of aromatic nitrogens is 3. The van der Waals surface area contributed by atoms with Gasteiger partial charge in [-0.05, 0) is 61.4 Å². The number of hydrogen-bond donors (Lipinski definition) is 1. The van der Waals surface area contributed by atoms with Crippen molar-refractivity contribution in [2.75, 3.05) is 25.3 Å². The van der Waals surface area contributed by atoms with Gasteiger partial charge in [0.15, 0.2) is 16.8 Å². The van der Waals surface area contributed by atoms with Gasteiger partial charge < -0.3 is 14.8 Å². The van der Waals surface area contributed by atoms with E-state index in [1.807, 2.05) is 34.9 Å². The lowest BCUT2D eigenvalue weighted by Gasteiger charge is -2.16. The van der Waals surface area contributed by atoms with Crippen molar-refractivity contribution < 1.29 is 14.3 Å². The van der Waals surface area contributed by atoms with E-state index >= 15 is 0 Å². The molecule has 0 bridgehead atoms. The van der Waals surface area contributed by atoms with E-state index in [1.54, 1.807) is 38.5 Å². The number of benzene rings is 3. The van der Waals surface area contributed by atoms with Gasteiger partial charge in [-0.3, -0.25) is 9.36 Å². The van der Waals surface area contributed by atoms with E-state index < -0.39 is 0 Å². The monoisotopic (exact) mass is 488 g/mol. The zero-order valence-corrected chi connectivity index (χ0v) is 21.1. The van der Waals surface area contributed by atoms with Crippen molar-refractivity contribution in [1.82, 2.24) is 14.8 Å². The molecule has 0 saturated carbocycles. The lowest BCUT2D eigenvalue weighted by Crippen LogP contribution is -2.11. The molecule has 8 heteroatoms. The predicted molar refractivity (Wildman–Crippen MR) is 139 cm³/mol. The first-order valence-electron chi connectivity index (χ1n) is 11.2. The van der Waals surface area contributed by atoms with Crippen molar-refractivity contribution in [3.63, 3.8) is 0 Å². The molecule has 7 nitrogen and oxygen atoms in total. The molecule has 0 spiro atoms. The Kier molecular flexibility index (Phi) is 7.72. The second-order valence-electron chi connectivity index (χ2n) is 7.97. The highest BCUT2D eigenvalue weighted by Gasteiger charge is 2.19. The highest BCUT2D eigenvalue weighted by atomic mass is 32.2. The molecule has 0 atom stereocenters. The van der Waals surface area contributed by atoms with Crippen LogP contribution < -0.4 is 14.8 Å². The van der Waals surface area contributed by atoms with E-state index in [0.29, 0.717) is 28.8 Å². The summed E-state index contributed by atoms with van der Waals surface area (Å²) in [6, 6.07) is 21.0. The Morgan fingerprint density at radius 2 is 1.63 bits per heavy atom. The fourth-order valence-corrected chi connectivity index (χ4v) is 4.67. The van der Waals surface area contributed by atoms with Crippen LogP contribution in [0, 0.1) is 13.8 Å². The third-order valence-electron chi connectivity index (χ3n) is 5.68. The first-order valence-corrected chi connectivity index (χ1v) is 12.2. The van der Waals surface area contributed by atoms with E-state index in [-0.39, 0.29) is 11.5 Å². The molecule has 0 saturated heterocycles. The molecule has 4 rings (SSSR count). The smallest absolute Gasteiger partial charge is 0.196 e. The number of ether oxygens (including phenoxy) is 2. The molecule has 1 aromatic heterocycles. The normalized spacial score (nSPS) is 10.7. The number of methoxy groups -OCH3 is 2. The number of anilines is 1. The van der Waals surface area contributed by atoms with Crippen LogP contribution in [0.1, 0.15) is 27.3 Å². The van der Waals surface area contributed by atoms with Gasteiger partial charge in [0.2, 0.25) is 0 Å². The summed E-state index contributed by atoms with van der Waals surface area (Å²) in [6.45, 7) is 4.61. The fourth-order valence-electron chi connectivity index (χ4n) is 3.82. The zero-order chi connectivity index (χ0) is 24.8. The van der Waals surface area contributed by atoms with Crippen LogP contribution in [0.25, 0.3) is 5.69 Å². The third-order valence-corrected chi connectivity index (χ3v) is 6.60. The number of Topliss-reactive ketones (excluding diaryl/α,β-unsaturated/α-hetero) is 1. The summed E-state index contributed by atoms with van der Waals surface area (Å²) in [5.74, 6) is 2.36. The van der Waals surface area contributed by atoms with Crippen LogP contribution in [-0.2, 0) is 6.54 Å². The SMILES string of the molecule is COc1ccc(C(=O)CSc2nnc(CNc3c(C)cccc3C)n2-c2ccccc2OC)cc1. The molecule has 0 fully saturated rings. The molecule has 35 heavy (non-hydrogen) atoms. The maximum absolute atomic E-state index is 12.8. The number of nitrogens with one attached hydrogen (secondary N) is 1. The predicted octanol–water partition coefficient (Wildman–Crippen LogP) is 5.49. The number of thioether (sulfide) groups is 1. The number of para-hydroxylation sites is 3. The van der Waals surface area contributed by atoms with Gasteiger partial charge in [-0.1, -0.05) is 42.1 Å². The average molecular weight is 489 g/mol. The Morgan fingerprint density at radius 1 is 0.914 bits per heavy atom. The van der Waals surface area contributed by atoms with E-state index in [0.717, 1.165) is 28.3 Å². The van der Waals surface area contributed by atoms with Gasteiger partial charge in [-0.2, -0.15) is 0 Å². The quantitative estimate of drug-likeness (QED) is 0.234. The first-order chi connectivity index (χ1) is 17.0. The largest absolute Gasteiger partial charge is 0.497 e. The second-order valence-corrected chi connectivity index (χ2v) is 8.91. The van der Waals surface area contributed by atoms with Crippen molar-refractivity contribution in [1.29, 1.82) is 0 Å². The minimum absolute atomic E-state index is 0.00226. The summed E-state index contributed by atoms with van der Waals surface area (Å²) in [5.41, 5.74) is 4.84. The molecule has 0 amide bonds. The van der Waals surface area contributed by atoms with Crippen LogP contribution in [0.15, 0.2) is 71.9 Å². The van der Waals surface area contributed by atoms with Gasteiger partial charge in [0.05, 0.1) is 32.2 Å². The van der Waals surface area contributed by atoms with Crippen molar-refractivity contribution in [3.8, 4) is 17.2 Å². The third kappa shape index (κ3) is 5.49. The van der Waals surface area contributed by atoms with E-state index in [2.05, 4.69) is 41.5 Å². The van der Waals surface area contributed by atoms with Crippen LogP contribution in [-0.4, -0.2) is 40.5 Å². The van der Waals surface area contributed by atoms with Crippen LogP contribution in [0.4, 0.5) is 5.69 Å². The molecule has 0 radical (unpaired) electrons. The number of carbonyl (C=O) groups is 1. The average Bonchev–Trinajstić information content (AvgIpc) is 3.29. The lowest BCUT2D eigenvalue weighted by molar-refractivity contribution is 0.102. The summed E-state index contributed by atoms with van der Waals surface area (Å²) in [5, 5.41) is 13.0. The van der Waals surface area contributed by atoms with Crippen molar-refractivity contribution in [2.24, 2.45) is 0 Å². The minimum Gasteiger partial charge on any atom is -0.497 e. The molecule has 3 aromatic carbocycles. The highest BCUT2D eigenvalue weighted by molar-refractivity contribution is 7.99. The van der Waals surface area contributed by atoms with Gasteiger partial charge in [0.25, 0.3) is 0 Å². The van der Waals surface area contributed by atoms with Gasteiger partial charge in [0.1, 0.15) is 11.5 Å². The highest BCUT2D eigenvalue weighted by Crippen LogP contribution is 2.30. The maximum Gasteiger partial charge on any atom is 0.196 e. The topological polar surface area (TPSA) is 78.3 Å². The number of rotatable bonds is 10. The lowest BCUT2D eigenvalue weighted by atomic mass is 10.1. The van der Waals surface area contributed by atoms with Crippen molar-refractivity contribution in [3.05, 3.63) is 89.2 Å². The molecular weight excluding hydrogens is 460 g/mol. The molecule has 0 unspecified atom stereocenters. The number of hydrogen-bond acceptors (Lipinski definition) is 7. The zero-order valence-electron chi connectivity index (χ0n) is 20.2. The van der Waals surface area contributed by atoms with E-state index in [1.165, 1.54) is 11.8 Å². The van der Waals surface area contributed by atoms with Crippen LogP contribution >= 0.6 is 11.8 Å². The molecule has 0 aliphatic rings. The van der Waals surface area contributed by atoms with Gasteiger partial charge in [-0.15, -0.1) is 10.2 Å². The number of nitrogens with zero attached hydrogens (tertiary/aromatic N) is 3. The molecule has 4 aromatic rings. The molecule has 180 valence electrons. The Morgan fingerprint density at radius 3 is 2.31 bits per heavy atom. The second kappa shape index (κ2) is 11.1. The van der Waals surface area contributed by atoms with E-state index in [9.17, 15) is 4.79 Å². The first kappa shape index (κ1) is 24.3. The van der Waals surface area contributed by atoms with Crippen LogP contribution in [0.5, 0.6) is 11.5 Å². The fraction of sp³-hybridized carbons (Fsp3) is 0.222. The van der Waals surface area contributed by atoms with Crippen molar-refractivity contribution in [2.45, 2.75) is 25.5 Å². The Labute approximate surface area is 209 Å². The van der Waals surface area contributed by atoms with Crippen LogP contribution in [0.2, 0.25) is 0 Å². The molecule has 0 aliphatic heterocycles. The van der Waals surface area contributed by atoms with Crippen LogP contribution in [0.3, 0.4) is 0 Å². The molecule has 1 heterocycles. The van der Waals surface area contributed by atoms with Gasteiger partial charge in [-0.25, -0.2) is 0 Å². The number of carbonyl (C=O) groups excluding carboxylic acids is 1. The standard InChI is InChI=1S/C27H28N4O3S/c1-18-8-7-9-19(2)26(18)28-16-25-29-30-27(31(25)22-10-5-6-11-24(22)34-4)35-17-23(32)20-12-14-21(33-3)15-13-20/h5-15,28H,16-17H2,1-4H3. The summed E-state index contributed by atoms with van der Waals surface area (Å²) in [7, 11) is 3.24. The Balaban J connectivity index is 1.61. The van der Waals surface area contributed by atoms with Gasteiger partial charge in [0, 0.05) is 11.3 Å². The summed E-state index contributed by atoms with van der Waals surface area (Å²) >= 11 is 1.35. The maximum atomic E-state index is 12.8. The van der Waals surface area contributed by atoms with Crippen molar-refractivity contribution >= 4 is 23.2 Å². The molecule has 1 N–H and O–H groups in total. The summed E-state index contributed by atoms with van der Waals surface area (Å²) in [4.78, 5) is 12.8. The number of aryl methyl sites for hydroxylation is 2. The number of ketones is 1. The minimum atomic E-state index is 0.00226. The Hall–Kier alpha value is -3.78. The molecule has 0 aliphatic carbocycles. The summed E-state index contributed by atoms with van der Waals surface area (Å²) < 4.78 is 12.7. The Bertz CT molecular complexity index is 1300. The van der Waals surface area contributed by atoms with E-state index in [4.69, 9.17) is 9.47 Å². The summed E-state index contributed by atoms with van der Waals surface area (Å²) in [6.07, 6.45) is 0.